The Hall–Kier alpha value is -3.32. The van der Waals surface area contributed by atoms with Gasteiger partial charge in [-0.05, 0) is 44.2 Å². The van der Waals surface area contributed by atoms with Crippen LogP contribution >= 0.6 is 11.6 Å². The molecule has 1 heterocycles. The van der Waals surface area contributed by atoms with Crippen molar-refractivity contribution in [2.45, 2.75) is 13.8 Å². The number of nitrogens with zero attached hydrogens (tertiary/aromatic N) is 2. The zero-order chi connectivity index (χ0) is 21.0. The number of nitrogens with two attached hydrogens (primary N) is 1. The van der Waals surface area contributed by atoms with Crippen molar-refractivity contribution in [1.29, 1.82) is 0 Å². The number of hydrogen-bond acceptors (Lipinski definition) is 5. The second kappa shape index (κ2) is 8.79. The number of benzene rings is 2. The molecule has 0 aliphatic rings. The molecule has 0 radical (unpaired) electrons. The molecule has 1 aromatic heterocycles. The van der Waals surface area contributed by atoms with Crippen molar-refractivity contribution in [2.24, 2.45) is 10.8 Å². The molecule has 8 heteroatoms. The van der Waals surface area contributed by atoms with Gasteiger partial charge in [-0.25, -0.2) is 5.43 Å². The van der Waals surface area contributed by atoms with E-state index >= 15 is 0 Å². The van der Waals surface area contributed by atoms with E-state index in [1.807, 2.05) is 18.2 Å². The predicted octanol–water partition coefficient (Wildman–Crippen LogP) is 3.28. The summed E-state index contributed by atoms with van der Waals surface area (Å²) in [7, 11) is 0. The highest BCUT2D eigenvalue weighted by Crippen LogP contribution is 2.22. The van der Waals surface area contributed by atoms with Gasteiger partial charge in [0.15, 0.2) is 0 Å². The Bertz CT molecular complexity index is 1140. The Kier molecular flexibility index (Phi) is 6.19. The fourth-order valence-corrected chi connectivity index (χ4v) is 3.18. The highest BCUT2D eigenvalue weighted by Gasteiger charge is 2.13. The lowest BCUT2D eigenvalue weighted by molar-refractivity contribution is 0.0946. The molecule has 0 saturated heterocycles. The van der Waals surface area contributed by atoms with E-state index in [0.717, 1.165) is 18.8 Å². The maximum absolute atomic E-state index is 12.4. The van der Waals surface area contributed by atoms with Crippen molar-refractivity contribution in [2.75, 3.05) is 18.0 Å². The van der Waals surface area contributed by atoms with Gasteiger partial charge in [0.1, 0.15) is 11.1 Å². The van der Waals surface area contributed by atoms with Gasteiger partial charge in [0.2, 0.25) is 5.55 Å². The largest absolute Gasteiger partial charge is 0.436 e. The van der Waals surface area contributed by atoms with Crippen molar-refractivity contribution < 1.29 is 14.0 Å². The number of halogens is 1. The van der Waals surface area contributed by atoms with Gasteiger partial charge in [-0.15, -0.1) is 5.10 Å². The summed E-state index contributed by atoms with van der Waals surface area (Å²) < 4.78 is 5.81. The fraction of sp³-hybridized carbons (Fsp3) is 0.190. The summed E-state index contributed by atoms with van der Waals surface area (Å²) in [6, 6.07) is 13.8. The van der Waals surface area contributed by atoms with Crippen LogP contribution in [0.25, 0.3) is 11.0 Å². The molecular formula is C21H21ClN4O3. The van der Waals surface area contributed by atoms with Crippen molar-refractivity contribution >= 4 is 40.1 Å². The predicted molar refractivity (Wildman–Crippen MR) is 113 cm³/mol. The third-order valence-corrected chi connectivity index (χ3v) is 4.84. The molecule has 3 aromatic rings. The normalized spacial score (nSPS) is 11.5. The number of hydrogen-bond donors (Lipinski definition) is 2. The monoisotopic (exact) mass is 412 g/mol. The van der Waals surface area contributed by atoms with Crippen molar-refractivity contribution in [3.05, 3.63) is 70.2 Å². The van der Waals surface area contributed by atoms with Gasteiger partial charge in [-0.3, -0.25) is 9.59 Å². The van der Waals surface area contributed by atoms with Crippen LogP contribution in [0, 0.1) is 0 Å². The number of rotatable bonds is 6. The summed E-state index contributed by atoms with van der Waals surface area (Å²) in [5.74, 6) is -1.24. The number of anilines is 1. The second-order valence-corrected chi connectivity index (χ2v) is 6.66. The molecule has 3 rings (SSSR count). The molecule has 0 spiro atoms. The van der Waals surface area contributed by atoms with E-state index in [0.29, 0.717) is 11.0 Å². The maximum atomic E-state index is 12.4. The van der Waals surface area contributed by atoms with Crippen LogP contribution < -0.4 is 21.6 Å². The molecular weight excluding hydrogens is 392 g/mol. The number of primary amides is 1. The number of carbonyl (C=O) groups is 2. The van der Waals surface area contributed by atoms with Crippen LogP contribution in [0.5, 0.6) is 0 Å². The summed E-state index contributed by atoms with van der Waals surface area (Å²) in [4.78, 5) is 26.4. The summed E-state index contributed by atoms with van der Waals surface area (Å²) in [5.41, 5.74) is 9.56. The van der Waals surface area contributed by atoms with Gasteiger partial charge in [0.25, 0.3) is 11.8 Å². The maximum Gasteiger partial charge on any atom is 0.272 e. The SMILES string of the molecule is CCN(CC)c1ccc2cc(C(N)=O)c(=NNC(=O)c3ccccc3Cl)oc2c1. The molecule has 29 heavy (non-hydrogen) atoms. The Balaban J connectivity index is 2.05. The zero-order valence-corrected chi connectivity index (χ0v) is 16.9. The highest BCUT2D eigenvalue weighted by molar-refractivity contribution is 6.33. The number of amides is 2. The van der Waals surface area contributed by atoms with E-state index in [1.54, 1.807) is 30.3 Å². The topological polar surface area (TPSA) is 101 Å². The first kappa shape index (κ1) is 20.4. The van der Waals surface area contributed by atoms with Crippen LogP contribution in [0.15, 0.2) is 58.0 Å². The van der Waals surface area contributed by atoms with Crippen LogP contribution in [0.2, 0.25) is 5.02 Å². The third kappa shape index (κ3) is 4.41. The zero-order valence-electron chi connectivity index (χ0n) is 16.1. The first-order valence-electron chi connectivity index (χ1n) is 9.15. The molecule has 150 valence electrons. The van der Waals surface area contributed by atoms with Gasteiger partial charge in [-0.1, -0.05) is 23.7 Å². The smallest absolute Gasteiger partial charge is 0.272 e. The summed E-state index contributed by atoms with van der Waals surface area (Å²) in [5, 5.41) is 4.96. The average molecular weight is 413 g/mol. The molecule has 2 aromatic carbocycles. The number of carbonyl (C=O) groups excluding carboxylic acids is 2. The number of nitrogens with one attached hydrogen (secondary N) is 1. The lowest BCUT2D eigenvalue weighted by Gasteiger charge is -2.21. The second-order valence-electron chi connectivity index (χ2n) is 6.26. The Morgan fingerprint density at radius 2 is 1.83 bits per heavy atom. The molecule has 0 aliphatic heterocycles. The molecule has 0 aliphatic carbocycles. The molecule has 0 bridgehead atoms. The summed E-state index contributed by atoms with van der Waals surface area (Å²) in [6.07, 6.45) is 0. The third-order valence-electron chi connectivity index (χ3n) is 4.51. The Morgan fingerprint density at radius 1 is 1.10 bits per heavy atom. The molecule has 3 N–H and O–H groups in total. The van der Waals surface area contributed by atoms with E-state index in [4.69, 9.17) is 21.8 Å². The van der Waals surface area contributed by atoms with Gasteiger partial charge < -0.3 is 15.1 Å². The minimum Gasteiger partial charge on any atom is -0.436 e. The quantitative estimate of drug-likeness (QED) is 0.606. The molecule has 7 nitrogen and oxygen atoms in total. The fourth-order valence-electron chi connectivity index (χ4n) is 2.96. The van der Waals surface area contributed by atoms with E-state index in [-0.39, 0.29) is 21.7 Å². The average Bonchev–Trinajstić information content (AvgIpc) is 2.72. The van der Waals surface area contributed by atoms with E-state index < -0.39 is 11.8 Å². The van der Waals surface area contributed by atoms with Crippen LogP contribution in [0.1, 0.15) is 34.6 Å². The minimum atomic E-state index is -0.714. The van der Waals surface area contributed by atoms with Crippen molar-refractivity contribution in [3.63, 3.8) is 0 Å². The summed E-state index contributed by atoms with van der Waals surface area (Å²) in [6.45, 7) is 5.80. The highest BCUT2D eigenvalue weighted by atomic mass is 35.5. The Morgan fingerprint density at radius 3 is 2.48 bits per heavy atom. The summed E-state index contributed by atoms with van der Waals surface area (Å²) >= 11 is 6.03. The van der Waals surface area contributed by atoms with Gasteiger partial charge in [-0.2, -0.15) is 0 Å². The van der Waals surface area contributed by atoms with E-state index in [2.05, 4.69) is 29.3 Å². The van der Waals surface area contributed by atoms with E-state index in [1.165, 1.54) is 0 Å². The van der Waals surface area contributed by atoms with Crippen LogP contribution in [-0.2, 0) is 0 Å². The molecule has 0 fully saturated rings. The lowest BCUT2D eigenvalue weighted by atomic mass is 10.1. The van der Waals surface area contributed by atoms with Gasteiger partial charge >= 0.3 is 0 Å². The van der Waals surface area contributed by atoms with Crippen LogP contribution in [0.3, 0.4) is 0 Å². The van der Waals surface area contributed by atoms with Gasteiger partial charge in [0.05, 0.1) is 10.6 Å². The molecule has 2 amide bonds. The first-order chi connectivity index (χ1) is 13.9. The van der Waals surface area contributed by atoms with Crippen molar-refractivity contribution in [3.8, 4) is 0 Å². The van der Waals surface area contributed by atoms with Crippen molar-refractivity contribution in [1.82, 2.24) is 5.43 Å². The van der Waals surface area contributed by atoms with Crippen LogP contribution in [-0.4, -0.2) is 24.9 Å². The van der Waals surface area contributed by atoms with E-state index in [9.17, 15) is 9.59 Å². The first-order valence-corrected chi connectivity index (χ1v) is 9.53. The number of fused-ring (bicyclic) bond motifs is 1. The molecule has 0 unspecified atom stereocenters. The van der Waals surface area contributed by atoms with Crippen LogP contribution in [0.4, 0.5) is 5.69 Å². The minimum absolute atomic E-state index is 0.0625. The Labute approximate surface area is 172 Å². The molecule has 0 saturated carbocycles. The lowest BCUT2D eigenvalue weighted by Crippen LogP contribution is -2.27. The standard InChI is InChI=1S/C21H21ClN4O3/c1-3-26(4-2)14-10-9-13-11-16(19(23)27)21(29-18(13)12-14)25-24-20(28)15-7-5-6-8-17(15)22/h5-12H,3-4H2,1-2H3,(H2,23,27)(H,24,28). The van der Waals surface area contributed by atoms with Gasteiger partial charge in [0, 0.05) is 30.2 Å². The molecule has 0 atom stereocenters.